The topological polar surface area (TPSA) is 220 Å². The molecule has 6 saturated heterocycles. The van der Waals surface area contributed by atoms with Gasteiger partial charge in [-0.3, -0.25) is 4.57 Å². The van der Waals surface area contributed by atoms with Crippen LogP contribution in [-0.2, 0) is 69.3 Å². The monoisotopic (exact) mass is 1310 g/mol. The van der Waals surface area contributed by atoms with Gasteiger partial charge in [-0.15, -0.1) is 0 Å². The summed E-state index contributed by atoms with van der Waals surface area (Å²) in [5.41, 5.74) is 5.65. The Morgan fingerprint density at radius 3 is 1.82 bits per heavy atom. The second-order valence-corrected chi connectivity index (χ2v) is 35.4. The molecule has 0 amide bonds. The van der Waals surface area contributed by atoms with Gasteiger partial charge in [-0.25, -0.2) is 19.3 Å². The number of hydrogen-bond donors (Lipinski definition) is 0. The lowest BCUT2D eigenvalue weighted by Crippen LogP contribution is -2.58. The first-order chi connectivity index (χ1) is 42.3. The first-order valence-corrected chi connectivity index (χ1v) is 36.8. The van der Waals surface area contributed by atoms with Gasteiger partial charge >= 0.3 is 7.60 Å². The molecule has 2 aromatic carbocycles. The van der Waals surface area contributed by atoms with Gasteiger partial charge in [0.05, 0.1) is 48.1 Å². The van der Waals surface area contributed by atoms with Crippen LogP contribution in [0, 0.1) is 19.3 Å². The molecule has 8 aliphatic rings. The summed E-state index contributed by atoms with van der Waals surface area (Å²) in [5.74, 6) is 1.52. The van der Waals surface area contributed by atoms with Crippen LogP contribution < -0.4 is 14.5 Å². The van der Waals surface area contributed by atoms with Crippen molar-refractivity contribution in [1.82, 2.24) is 39.5 Å². The van der Waals surface area contributed by atoms with Gasteiger partial charge in [0.2, 0.25) is 5.28 Å². The standard InChI is InChI=1S/C34H47ClN5O7P.C31H42N5O5P.CH4/c1-20-10-11-21-12-13-34(23(21)14-20)17-39(18-34)27-22-15-36-40(28(22)38-30(35)37-27)29-26-25(44-33(8,9)45-26)24(43-29)16-42-19-48(41,46-31(2,3)4)47-32(5,6)7;1-20-33-27(35-18-31(19-35)12-7-6-8-13-31)23-15-32-36(28(23)34-20)29-26-25(40-30(2,3)41-26)24(39-29)16-38-22-11-9-10-21(14-22)17-42(4,5)37;/h10-11,14-15,24-26,29H,12-13,16-19H2,1-9H3;9-11,14-15,24-26,29H,6-8,12-13,16-19H2,1-5H3;1H4/t2*24-,25-,26-,29-;/m11./s1. The summed E-state index contributed by atoms with van der Waals surface area (Å²) < 4.78 is 92.1. The van der Waals surface area contributed by atoms with Crippen LogP contribution in [0.15, 0.2) is 54.9 Å². The van der Waals surface area contributed by atoms with Crippen molar-refractivity contribution in [3.8, 4) is 5.75 Å². The number of aromatic nitrogens is 8. The SMILES string of the molecule is C.Cc1ccc2c(c1)C1(CC2)CN(c2nc(Cl)nc3c2cnn3[C@@H]2O[C@H](COCP(=O)(OC(C)(C)C)OC(C)(C)C)[C@H]3OC(C)(C)O[C@H]32)C1.Cc1nc(N2CC3(CCCCC3)C2)c2cnn([C@@H]3O[C@H](COc4cccc(CP(C)(C)=O)c4)[C@H]4OC(C)(C)O[C@H]43)c2n1. The Morgan fingerprint density at radius 1 is 0.670 bits per heavy atom. The van der Waals surface area contributed by atoms with E-state index in [1.165, 1.54) is 48.8 Å². The van der Waals surface area contributed by atoms with E-state index in [4.69, 9.17) is 78.7 Å². The molecular weight excluding hydrogens is 1220 g/mol. The third-order valence-electron chi connectivity index (χ3n) is 18.2. The highest BCUT2D eigenvalue weighted by Gasteiger charge is 2.59. The van der Waals surface area contributed by atoms with Gasteiger partial charge in [-0.1, -0.05) is 62.6 Å². The maximum atomic E-state index is 13.7. The molecular formula is C66H93ClN10O12P2. The van der Waals surface area contributed by atoms with Crippen LogP contribution in [0.25, 0.3) is 22.1 Å². The fourth-order valence-electron chi connectivity index (χ4n) is 14.9. The Hall–Kier alpha value is -4.67. The number of benzene rings is 2. The summed E-state index contributed by atoms with van der Waals surface area (Å²) >= 11 is 6.57. The largest absolute Gasteiger partial charge is 0.491 e. The van der Waals surface area contributed by atoms with E-state index < -0.39 is 68.3 Å². The fraction of sp³-hybridized carbons (Fsp3) is 0.667. The third kappa shape index (κ3) is 13.8. The molecule has 0 unspecified atom stereocenters. The Bertz CT molecular complexity index is 3750. The molecule has 0 bridgehead atoms. The van der Waals surface area contributed by atoms with Gasteiger partial charge in [0, 0.05) is 43.2 Å². The highest BCUT2D eigenvalue weighted by atomic mass is 35.5. The average Bonchev–Trinajstić information content (AvgIpc) is 1.66. The summed E-state index contributed by atoms with van der Waals surface area (Å²) in [6.07, 6.45) is 8.96. The molecule has 14 rings (SSSR count). The first-order valence-electron chi connectivity index (χ1n) is 31.9. The molecule has 10 heterocycles. The van der Waals surface area contributed by atoms with Crippen LogP contribution in [-0.4, -0.2) is 158 Å². The van der Waals surface area contributed by atoms with Gasteiger partial charge in [0.1, 0.15) is 72.8 Å². The van der Waals surface area contributed by atoms with E-state index in [9.17, 15) is 9.13 Å². The summed E-state index contributed by atoms with van der Waals surface area (Å²) in [4.78, 5) is 23.6. The number of anilines is 2. The molecule has 496 valence electrons. The van der Waals surface area contributed by atoms with Gasteiger partial charge in [0.25, 0.3) is 0 Å². The third-order valence-corrected chi connectivity index (χ3v) is 21.6. The van der Waals surface area contributed by atoms with Crippen LogP contribution in [0.4, 0.5) is 11.6 Å². The molecule has 22 nitrogen and oxygen atoms in total. The molecule has 4 aromatic heterocycles. The number of aryl methyl sites for hydroxylation is 3. The van der Waals surface area contributed by atoms with E-state index in [2.05, 4.69) is 44.9 Å². The predicted molar refractivity (Wildman–Crippen MR) is 349 cm³/mol. The lowest BCUT2D eigenvalue weighted by Gasteiger charge is -2.53. The highest BCUT2D eigenvalue weighted by Crippen LogP contribution is 2.56. The van der Waals surface area contributed by atoms with Crippen molar-refractivity contribution < 1.29 is 56.1 Å². The molecule has 2 aliphatic carbocycles. The number of fused-ring (bicyclic) bond motifs is 6. The zero-order valence-electron chi connectivity index (χ0n) is 54.6. The molecule has 6 aromatic rings. The maximum Gasteiger partial charge on any atom is 0.357 e. The second-order valence-electron chi connectivity index (χ2n) is 29.7. The van der Waals surface area contributed by atoms with Gasteiger partial charge in [-0.05, 0) is 163 Å². The van der Waals surface area contributed by atoms with Crippen LogP contribution >= 0.6 is 26.3 Å². The minimum atomic E-state index is -3.62. The molecule has 0 radical (unpaired) electrons. The zero-order chi connectivity index (χ0) is 63.7. The normalized spacial score (nSPS) is 26.9. The van der Waals surface area contributed by atoms with Crippen molar-refractivity contribution in [3.05, 3.63) is 88.2 Å². The van der Waals surface area contributed by atoms with Crippen molar-refractivity contribution in [1.29, 1.82) is 0 Å². The van der Waals surface area contributed by atoms with Crippen LogP contribution in [0.1, 0.15) is 156 Å². The van der Waals surface area contributed by atoms with Crippen molar-refractivity contribution in [2.24, 2.45) is 5.41 Å². The molecule has 2 spiro atoms. The van der Waals surface area contributed by atoms with Crippen LogP contribution in [0.5, 0.6) is 5.75 Å². The van der Waals surface area contributed by atoms with E-state index in [1.807, 2.05) is 111 Å². The second kappa shape index (κ2) is 24.2. The number of nitrogens with zero attached hydrogens (tertiary/aromatic N) is 10. The van der Waals surface area contributed by atoms with E-state index in [1.54, 1.807) is 24.2 Å². The van der Waals surface area contributed by atoms with Crippen molar-refractivity contribution in [2.45, 2.75) is 219 Å². The predicted octanol–water partition coefficient (Wildman–Crippen LogP) is 12.9. The molecule has 25 heteroatoms. The average molecular weight is 1320 g/mol. The minimum Gasteiger partial charge on any atom is -0.491 e. The van der Waals surface area contributed by atoms with E-state index in [-0.39, 0.29) is 56.0 Å². The maximum absolute atomic E-state index is 13.7. The van der Waals surface area contributed by atoms with Crippen LogP contribution in [0.2, 0.25) is 5.28 Å². The summed E-state index contributed by atoms with van der Waals surface area (Å²) in [6, 6.07) is 14.6. The van der Waals surface area contributed by atoms with Crippen molar-refractivity contribution in [3.63, 3.8) is 0 Å². The van der Waals surface area contributed by atoms with Gasteiger partial charge in [0.15, 0.2) is 35.3 Å². The molecule has 6 aliphatic heterocycles. The number of halogens is 1. The molecule has 91 heavy (non-hydrogen) atoms. The molecule has 8 atom stereocenters. The summed E-state index contributed by atoms with van der Waals surface area (Å²) in [7, 11) is -5.81. The summed E-state index contributed by atoms with van der Waals surface area (Å²) in [6.45, 7) is 30.4. The number of ether oxygens (including phenoxy) is 8. The van der Waals surface area contributed by atoms with Crippen LogP contribution in [0.3, 0.4) is 0 Å². The van der Waals surface area contributed by atoms with E-state index in [0.29, 0.717) is 28.8 Å². The minimum absolute atomic E-state index is 0. The lowest BCUT2D eigenvalue weighted by atomic mass is 9.68. The smallest absolute Gasteiger partial charge is 0.357 e. The molecule has 0 N–H and O–H groups in total. The van der Waals surface area contributed by atoms with Gasteiger partial charge < -0.3 is 61.3 Å². The molecule has 1 saturated carbocycles. The number of hydrogen-bond acceptors (Lipinski definition) is 20. The highest BCUT2D eigenvalue weighted by molar-refractivity contribution is 7.61. The van der Waals surface area contributed by atoms with Crippen molar-refractivity contribution in [2.75, 3.05) is 68.9 Å². The van der Waals surface area contributed by atoms with Gasteiger partial charge in [-0.2, -0.15) is 20.2 Å². The quantitative estimate of drug-likeness (QED) is 0.0689. The Balaban J connectivity index is 0.000000175. The van der Waals surface area contributed by atoms with E-state index >= 15 is 0 Å². The number of rotatable bonds is 15. The van der Waals surface area contributed by atoms with Crippen molar-refractivity contribution >= 4 is 60.0 Å². The molecule has 7 fully saturated rings. The first kappa shape index (κ1) is 66.4. The zero-order valence-corrected chi connectivity index (χ0v) is 57.1. The Morgan fingerprint density at radius 2 is 1.23 bits per heavy atom. The Labute approximate surface area is 540 Å². The fourth-order valence-corrected chi connectivity index (χ4v) is 18.3. The summed E-state index contributed by atoms with van der Waals surface area (Å²) in [5, 5.41) is 11.4. The Kier molecular flexibility index (Phi) is 17.7. The van der Waals surface area contributed by atoms with E-state index in [0.717, 1.165) is 72.6 Å². The lowest BCUT2D eigenvalue weighted by molar-refractivity contribution is -0.202.